The minimum atomic E-state index is 0. The van der Waals surface area contributed by atoms with Crippen LogP contribution in [-0.4, -0.2) is 22.2 Å². The zero-order chi connectivity index (χ0) is 14.3. The summed E-state index contributed by atoms with van der Waals surface area (Å²) in [5.41, 5.74) is 0.0661. The molecule has 0 aliphatic carbocycles. The van der Waals surface area contributed by atoms with E-state index in [0.29, 0.717) is 15.9 Å². The first-order chi connectivity index (χ1) is 8.67. The Morgan fingerprint density at radius 3 is 2.25 bits per heavy atom. The Labute approximate surface area is 136 Å². The largest absolute Gasteiger partial charge is 0.473 e. The lowest BCUT2D eigenvalue weighted by Gasteiger charge is -2.46. The van der Waals surface area contributed by atoms with E-state index in [4.69, 9.17) is 27.9 Å². The number of aromatic nitrogens is 1. The van der Waals surface area contributed by atoms with Gasteiger partial charge in [-0.2, -0.15) is 0 Å². The smallest absolute Gasteiger partial charge is 0.232 e. The molecule has 1 aromatic rings. The molecule has 1 aromatic heterocycles. The fourth-order valence-corrected chi connectivity index (χ4v) is 3.38. The van der Waals surface area contributed by atoms with E-state index in [1.54, 1.807) is 12.3 Å². The Hall–Kier alpha value is -0.220. The molecule has 0 radical (unpaired) electrons. The molecule has 0 atom stereocenters. The van der Waals surface area contributed by atoms with Gasteiger partial charge in [0.15, 0.2) is 0 Å². The van der Waals surface area contributed by atoms with Crippen LogP contribution in [0.1, 0.15) is 40.5 Å². The van der Waals surface area contributed by atoms with Crippen molar-refractivity contribution in [2.24, 2.45) is 0 Å². The first-order valence-corrected chi connectivity index (χ1v) is 7.20. The van der Waals surface area contributed by atoms with Gasteiger partial charge >= 0.3 is 0 Å². The maximum absolute atomic E-state index is 6.10. The minimum absolute atomic E-state index is 0. The third-order valence-corrected chi connectivity index (χ3v) is 3.68. The van der Waals surface area contributed by atoms with Crippen LogP contribution in [0.25, 0.3) is 0 Å². The SMILES string of the molecule is CC1(C)CC(Oc2ncc(Cl)cc2Cl)CC(C)(C)N1.Cl. The van der Waals surface area contributed by atoms with Crippen LogP contribution in [0.2, 0.25) is 10.0 Å². The van der Waals surface area contributed by atoms with E-state index in [-0.39, 0.29) is 29.6 Å². The molecule has 1 aliphatic rings. The van der Waals surface area contributed by atoms with E-state index < -0.39 is 0 Å². The number of rotatable bonds is 2. The van der Waals surface area contributed by atoms with Gasteiger partial charge in [-0.05, 0) is 33.8 Å². The monoisotopic (exact) mass is 338 g/mol. The molecule has 0 amide bonds. The van der Waals surface area contributed by atoms with Crippen molar-refractivity contribution >= 4 is 35.6 Å². The third-order valence-electron chi connectivity index (χ3n) is 3.21. The highest BCUT2D eigenvalue weighted by Crippen LogP contribution is 2.33. The van der Waals surface area contributed by atoms with Crippen LogP contribution in [0, 0.1) is 0 Å². The molecular weight excluding hydrogens is 319 g/mol. The first kappa shape index (κ1) is 17.8. The van der Waals surface area contributed by atoms with Gasteiger partial charge in [-0.25, -0.2) is 4.98 Å². The Morgan fingerprint density at radius 1 is 1.20 bits per heavy atom. The quantitative estimate of drug-likeness (QED) is 0.861. The van der Waals surface area contributed by atoms with Crippen LogP contribution >= 0.6 is 35.6 Å². The summed E-state index contributed by atoms with van der Waals surface area (Å²) in [5, 5.41) is 4.59. The normalized spacial score (nSPS) is 21.1. The third kappa shape index (κ3) is 4.66. The molecule has 2 rings (SSSR count). The van der Waals surface area contributed by atoms with Crippen LogP contribution in [0.5, 0.6) is 5.88 Å². The molecule has 6 heteroatoms. The second-order valence-corrected chi connectivity index (χ2v) is 7.33. The second-order valence-electron chi connectivity index (χ2n) is 6.48. The van der Waals surface area contributed by atoms with Gasteiger partial charge < -0.3 is 10.1 Å². The topological polar surface area (TPSA) is 34.1 Å². The number of ether oxygens (including phenoxy) is 1. The number of halogens is 3. The summed E-state index contributed by atoms with van der Waals surface area (Å²) in [4.78, 5) is 4.16. The van der Waals surface area contributed by atoms with E-state index in [1.165, 1.54) is 0 Å². The summed E-state index contributed by atoms with van der Waals surface area (Å²) in [6, 6.07) is 1.66. The fourth-order valence-electron chi connectivity index (χ4n) is 2.96. The molecule has 20 heavy (non-hydrogen) atoms. The van der Waals surface area contributed by atoms with Gasteiger partial charge in [0.1, 0.15) is 11.1 Å². The molecule has 1 saturated heterocycles. The van der Waals surface area contributed by atoms with Crippen molar-refractivity contribution in [3.8, 4) is 5.88 Å². The summed E-state index contributed by atoms with van der Waals surface area (Å²) >= 11 is 11.9. The molecule has 0 bridgehead atoms. The number of hydrogen-bond acceptors (Lipinski definition) is 3. The van der Waals surface area contributed by atoms with Crippen molar-refractivity contribution in [2.75, 3.05) is 0 Å². The van der Waals surface area contributed by atoms with Gasteiger partial charge in [0.05, 0.1) is 5.02 Å². The van der Waals surface area contributed by atoms with Crippen LogP contribution in [0.15, 0.2) is 12.3 Å². The molecule has 2 heterocycles. The van der Waals surface area contributed by atoms with Gasteiger partial charge in [0.25, 0.3) is 0 Å². The van der Waals surface area contributed by atoms with E-state index >= 15 is 0 Å². The Bertz CT molecular complexity index is 461. The highest BCUT2D eigenvalue weighted by Gasteiger charge is 2.39. The molecule has 3 nitrogen and oxygen atoms in total. The minimum Gasteiger partial charge on any atom is -0.473 e. The van der Waals surface area contributed by atoms with Gasteiger partial charge in [-0.15, -0.1) is 12.4 Å². The molecule has 1 N–H and O–H groups in total. The number of piperidine rings is 1. The van der Waals surface area contributed by atoms with E-state index in [0.717, 1.165) is 12.8 Å². The zero-order valence-electron chi connectivity index (χ0n) is 12.2. The Morgan fingerprint density at radius 2 is 1.75 bits per heavy atom. The second kappa shape index (κ2) is 6.27. The highest BCUT2D eigenvalue weighted by molar-refractivity contribution is 6.35. The molecule has 0 saturated carbocycles. The maximum atomic E-state index is 6.10. The lowest BCUT2D eigenvalue weighted by Crippen LogP contribution is -2.60. The first-order valence-electron chi connectivity index (χ1n) is 6.44. The standard InChI is InChI=1S/C14H20Cl2N2O.ClH/c1-13(2)6-10(7-14(3,4)18-13)19-12-11(16)5-9(15)8-17-12;/h5,8,10,18H,6-7H2,1-4H3;1H. The van der Waals surface area contributed by atoms with Crippen molar-refractivity contribution in [1.29, 1.82) is 0 Å². The van der Waals surface area contributed by atoms with Gasteiger partial charge in [0, 0.05) is 30.1 Å². The molecule has 0 spiro atoms. The summed E-state index contributed by atoms with van der Waals surface area (Å²) < 4.78 is 5.97. The van der Waals surface area contributed by atoms with Crippen LogP contribution in [0.4, 0.5) is 0 Å². The number of hydrogen-bond donors (Lipinski definition) is 1. The number of pyridine rings is 1. The van der Waals surface area contributed by atoms with E-state index in [2.05, 4.69) is 38.0 Å². The highest BCUT2D eigenvalue weighted by atomic mass is 35.5. The summed E-state index contributed by atoms with van der Waals surface area (Å²) in [7, 11) is 0. The van der Waals surface area contributed by atoms with Crippen molar-refractivity contribution in [3.63, 3.8) is 0 Å². The lowest BCUT2D eigenvalue weighted by molar-refractivity contribution is 0.0531. The molecule has 114 valence electrons. The summed E-state index contributed by atoms with van der Waals surface area (Å²) in [5.74, 6) is 0.463. The number of nitrogens with one attached hydrogen (secondary N) is 1. The van der Waals surface area contributed by atoms with Gasteiger partial charge in [0.2, 0.25) is 5.88 Å². The molecule has 0 aromatic carbocycles. The van der Waals surface area contributed by atoms with Crippen LogP contribution < -0.4 is 10.1 Å². The van der Waals surface area contributed by atoms with E-state index in [1.807, 2.05) is 0 Å². The van der Waals surface area contributed by atoms with Crippen LogP contribution in [0.3, 0.4) is 0 Å². The summed E-state index contributed by atoms with van der Waals surface area (Å²) in [6.45, 7) is 8.73. The molecule has 1 fully saturated rings. The molecule has 0 unspecified atom stereocenters. The molecule has 1 aliphatic heterocycles. The average Bonchev–Trinajstić information content (AvgIpc) is 2.17. The predicted octanol–water partition coefficient (Wildman–Crippen LogP) is 4.50. The van der Waals surface area contributed by atoms with Gasteiger partial charge in [-0.1, -0.05) is 23.2 Å². The molecular formula is C14H21Cl3N2O. The van der Waals surface area contributed by atoms with Crippen LogP contribution in [-0.2, 0) is 0 Å². The fraction of sp³-hybridized carbons (Fsp3) is 0.643. The Balaban J connectivity index is 0.00000200. The summed E-state index contributed by atoms with van der Waals surface area (Å²) in [6.07, 6.45) is 3.48. The van der Waals surface area contributed by atoms with Gasteiger partial charge in [-0.3, -0.25) is 0 Å². The van der Waals surface area contributed by atoms with Crippen molar-refractivity contribution in [3.05, 3.63) is 22.3 Å². The van der Waals surface area contributed by atoms with Crippen molar-refractivity contribution in [2.45, 2.75) is 57.7 Å². The zero-order valence-corrected chi connectivity index (χ0v) is 14.5. The predicted molar refractivity (Wildman–Crippen MR) is 86.4 cm³/mol. The Kier molecular flexibility index (Phi) is 5.59. The van der Waals surface area contributed by atoms with Crippen molar-refractivity contribution in [1.82, 2.24) is 10.3 Å². The van der Waals surface area contributed by atoms with E-state index in [9.17, 15) is 0 Å². The lowest BCUT2D eigenvalue weighted by atomic mass is 9.81. The van der Waals surface area contributed by atoms with Crippen molar-refractivity contribution < 1.29 is 4.74 Å². The average molecular weight is 340 g/mol. The number of nitrogens with zero attached hydrogens (tertiary/aromatic N) is 1. The maximum Gasteiger partial charge on any atom is 0.232 e.